The van der Waals surface area contributed by atoms with Crippen LogP contribution in [0, 0.1) is 0 Å². The monoisotopic (exact) mass is 807 g/mol. The van der Waals surface area contributed by atoms with E-state index in [0.29, 0.717) is 17.6 Å². The molecule has 0 aliphatic heterocycles. The van der Waals surface area contributed by atoms with Crippen molar-refractivity contribution in [2.75, 3.05) is 0 Å². The average molecular weight is 808 g/mol. The van der Waals surface area contributed by atoms with Gasteiger partial charge < -0.3 is 8.98 Å². The van der Waals surface area contributed by atoms with Crippen LogP contribution in [0.1, 0.15) is 0 Å². The van der Waals surface area contributed by atoms with Crippen molar-refractivity contribution < 1.29 is 4.42 Å². The van der Waals surface area contributed by atoms with E-state index >= 15 is 0 Å². The number of rotatable bonds is 6. The van der Waals surface area contributed by atoms with E-state index in [9.17, 15) is 0 Å². The van der Waals surface area contributed by atoms with E-state index in [2.05, 4.69) is 117 Å². The van der Waals surface area contributed by atoms with Crippen molar-refractivity contribution in [3.8, 4) is 56.7 Å². The maximum atomic E-state index is 6.07. The van der Waals surface area contributed by atoms with E-state index < -0.39 is 0 Å². The van der Waals surface area contributed by atoms with Crippen LogP contribution >= 0.6 is 0 Å². The summed E-state index contributed by atoms with van der Waals surface area (Å²) in [6, 6.07) is 63.1. The van der Waals surface area contributed by atoms with Gasteiger partial charge in [0.1, 0.15) is 11.1 Å². The van der Waals surface area contributed by atoms with E-state index in [1.807, 2.05) is 91.3 Å². The summed E-state index contributed by atoms with van der Waals surface area (Å²) in [7, 11) is 0. The van der Waals surface area contributed by atoms with Gasteiger partial charge in [0.15, 0.2) is 17.2 Å². The largest absolute Gasteiger partial charge is 0.454 e. The van der Waals surface area contributed by atoms with Gasteiger partial charge in [0.25, 0.3) is 0 Å². The molecular formula is C55H33N7O. The molecule has 63 heavy (non-hydrogen) atoms. The lowest BCUT2D eigenvalue weighted by molar-refractivity contribution is 0.668. The molecule has 0 unspecified atom stereocenters. The SMILES string of the molecule is c1ccc(-c2nc(-c3ccccc3)nc(-n3c4ccccc4c4cc(-c5ccc6c(c5)c5ccccc5n6-c5cncc(-c6ccc7oc8cccnc8c7c6)c5)ccc43)n2)cc1. The van der Waals surface area contributed by atoms with Crippen LogP contribution in [0.25, 0.3) is 122 Å². The molecule has 0 saturated carbocycles. The van der Waals surface area contributed by atoms with Crippen LogP contribution in [0.4, 0.5) is 0 Å². The normalized spacial score (nSPS) is 11.8. The summed E-state index contributed by atoms with van der Waals surface area (Å²) in [5.41, 5.74) is 13.9. The number of para-hydroxylation sites is 2. The fraction of sp³-hybridized carbons (Fsp3) is 0. The first kappa shape index (κ1) is 35.0. The van der Waals surface area contributed by atoms with Crippen molar-refractivity contribution in [1.29, 1.82) is 0 Å². The minimum Gasteiger partial charge on any atom is -0.454 e. The molecule has 0 atom stereocenters. The summed E-state index contributed by atoms with van der Waals surface area (Å²) < 4.78 is 10.6. The quantitative estimate of drug-likeness (QED) is 0.166. The lowest BCUT2D eigenvalue weighted by Crippen LogP contribution is -2.06. The summed E-state index contributed by atoms with van der Waals surface area (Å²) in [6.07, 6.45) is 5.67. The molecule has 0 bridgehead atoms. The highest BCUT2D eigenvalue weighted by atomic mass is 16.3. The molecule has 8 heteroatoms. The van der Waals surface area contributed by atoms with Crippen LogP contribution in [0.2, 0.25) is 0 Å². The molecule has 13 aromatic rings. The van der Waals surface area contributed by atoms with E-state index in [1.165, 1.54) is 10.8 Å². The Labute approximate surface area is 360 Å². The fourth-order valence-corrected chi connectivity index (χ4v) is 9.18. The highest BCUT2D eigenvalue weighted by molar-refractivity contribution is 6.13. The molecule has 8 nitrogen and oxygen atoms in total. The van der Waals surface area contributed by atoms with Gasteiger partial charge in [0, 0.05) is 56.0 Å². The third-order valence-electron chi connectivity index (χ3n) is 12.1. The first-order chi connectivity index (χ1) is 31.2. The summed E-state index contributed by atoms with van der Waals surface area (Å²) in [5, 5.41) is 5.57. The van der Waals surface area contributed by atoms with Crippen molar-refractivity contribution in [2.45, 2.75) is 0 Å². The zero-order chi connectivity index (χ0) is 41.4. The number of hydrogen-bond acceptors (Lipinski definition) is 6. The minimum absolute atomic E-state index is 0.571. The number of pyridine rings is 2. The summed E-state index contributed by atoms with van der Waals surface area (Å²) in [6.45, 7) is 0. The van der Waals surface area contributed by atoms with Crippen LogP contribution < -0.4 is 0 Å². The van der Waals surface area contributed by atoms with Crippen LogP contribution in [0.15, 0.2) is 205 Å². The van der Waals surface area contributed by atoms with Gasteiger partial charge in [-0.3, -0.25) is 14.5 Å². The molecule has 7 aromatic carbocycles. The second kappa shape index (κ2) is 13.9. The van der Waals surface area contributed by atoms with Gasteiger partial charge in [-0.25, -0.2) is 4.98 Å². The minimum atomic E-state index is 0.571. The Balaban J connectivity index is 0.938. The molecule has 0 fully saturated rings. The Morgan fingerprint density at radius 2 is 0.921 bits per heavy atom. The second-order valence-corrected chi connectivity index (χ2v) is 15.8. The molecule has 0 spiro atoms. The molecule has 13 rings (SSSR count). The Kier molecular flexibility index (Phi) is 7.74. The molecule has 0 radical (unpaired) electrons. The first-order valence-electron chi connectivity index (χ1n) is 20.9. The molecule has 6 aromatic heterocycles. The predicted octanol–water partition coefficient (Wildman–Crippen LogP) is 13.4. The van der Waals surface area contributed by atoms with Crippen molar-refractivity contribution in [3.05, 3.63) is 201 Å². The first-order valence-corrected chi connectivity index (χ1v) is 20.9. The van der Waals surface area contributed by atoms with Gasteiger partial charge >= 0.3 is 0 Å². The van der Waals surface area contributed by atoms with Crippen LogP contribution in [0.5, 0.6) is 0 Å². The van der Waals surface area contributed by atoms with E-state index in [1.54, 1.807) is 6.20 Å². The van der Waals surface area contributed by atoms with Gasteiger partial charge in [0.05, 0.1) is 34.0 Å². The molecule has 294 valence electrons. The van der Waals surface area contributed by atoms with E-state index in [-0.39, 0.29) is 0 Å². The fourth-order valence-electron chi connectivity index (χ4n) is 9.18. The number of benzene rings is 7. The number of fused-ring (bicyclic) bond motifs is 9. The second-order valence-electron chi connectivity index (χ2n) is 15.8. The van der Waals surface area contributed by atoms with Gasteiger partial charge in [-0.2, -0.15) is 9.97 Å². The lowest BCUT2D eigenvalue weighted by atomic mass is 10.0. The van der Waals surface area contributed by atoms with E-state index in [4.69, 9.17) is 24.4 Å². The maximum Gasteiger partial charge on any atom is 0.238 e. The highest BCUT2D eigenvalue weighted by Gasteiger charge is 2.20. The van der Waals surface area contributed by atoms with Crippen molar-refractivity contribution in [3.63, 3.8) is 0 Å². The standard InChI is InChI=1S/C55H33N7O/c1-3-12-34(13-4-1)53-58-54(35-14-5-2-6-15-35)60-55(59-53)62-47-19-10-8-17-42(47)44-30-37(22-25-49(44)62)36-21-24-48-43(29-36)41-16-7-9-18-46(41)61(48)40-28-39(32-56-33-40)38-23-26-50-45(31-38)52-51(63-50)20-11-27-57-52/h1-33H. The van der Waals surface area contributed by atoms with Crippen LogP contribution in [-0.2, 0) is 0 Å². The third-order valence-corrected chi connectivity index (χ3v) is 12.1. The zero-order valence-corrected chi connectivity index (χ0v) is 33.6. The van der Waals surface area contributed by atoms with Gasteiger partial charge in [0.2, 0.25) is 5.95 Å². The number of hydrogen-bond donors (Lipinski definition) is 0. The molecule has 0 aliphatic carbocycles. The van der Waals surface area contributed by atoms with Crippen LogP contribution in [-0.4, -0.2) is 34.1 Å². The Morgan fingerprint density at radius 1 is 0.365 bits per heavy atom. The lowest BCUT2D eigenvalue weighted by Gasteiger charge is -2.11. The molecule has 0 N–H and O–H groups in total. The Hall–Kier alpha value is -8.75. The molecule has 0 amide bonds. The summed E-state index contributed by atoms with van der Waals surface area (Å²) in [5.74, 6) is 1.82. The smallest absolute Gasteiger partial charge is 0.238 e. The molecule has 0 saturated heterocycles. The number of nitrogens with zero attached hydrogens (tertiary/aromatic N) is 7. The maximum absolute atomic E-state index is 6.07. The van der Waals surface area contributed by atoms with E-state index in [0.717, 1.165) is 94.0 Å². The average Bonchev–Trinajstić information content (AvgIpc) is 4.01. The number of furan rings is 1. The Morgan fingerprint density at radius 3 is 1.60 bits per heavy atom. The molecule has 6 heterocycles. The van der Waals surface area contributed by atoms with Gasteiger partial charge in [-0.05, 0) is 83.4 Å². The van der Waals surface area contributed by atoms with Crippen molar-refractivity contribution in [2.24, 2.45) is 0 Å². The topological polar surface area (TPSA) is 87.5 Å². The molecule has 0 aliphatic rings. The predicted molar refractivity (Wildman–Crippen MR) is 253 cm³/mol. The van der Waals surface area contributed by atoms with Gasteiger partial charge in [-0.15, -0.1) is 0 Å². The zero-order valence-electron chi connectivity index (χ0n) is 33.6. The molecular weight excluding hydrogens is 775 g/mol. The summed E-state index contributed by atoms with van der Waals surface area (Å²) in [4.78, 5) is 24.6. The summed E-state index contributed by atoms with van der Waals surface area (Å²) >= 11 is 0. The van der Waals surface area contributed by atoms with Crippen LogP contribution in [0.3, 0.4) is 0 Å². The highest BCUT2D eigenvalue weighted by Crippen LogP contribution is 2.39. The third kappa shape index (κ3) is 5.66. The van der Waals surface area contributed by atoms with Crippen molar-refractivity contribution in [1.82, 2.24) is 34.1 Å². The Bertz CT molecular complexity index is 3870. The number of aromatic nitrogens is 7. The van der Waals surface area contributed by atoms with Crippen molar-refractivity contribution >= 4 is 65.7 Å². The van der Waals surface area contributed by atoms with Gasteiger partial charge in [-0.1, -0.05) is 115 Å².